The standard InChI is InChI=1S/C14H16F4O2/c1-3-8(4-2)12(19)13(20)9-5-6-10(11(15)7-9)14(16,17)18/h5-8,12,19H,3-4H2,1-2H3. The summed E-state index contributed by atoms with van der Waals surface area (Å²) in [4.78, 5) is 11.9. The Morgan fingerprint density at radius 2 is 1.80 bits per heavy atom. The van der Waals surface area contributed by atoms with Gasteiger partial charge in [-0.25, -0.2) is 4.39 Å². The molecule has 0 aliphatic carbocycles. The molecule has 0 spiro atoms. The van der Waals surface area contributed by atoms with Crippen LogP contribution in [0.25, 0.3) is 0 Å². The van der Waals surface area contributed by atoms with E-state index in [1.807, 2.05) is 0 Å². The number of carbonyl (C=O) groups excluding carboxylic acids is 1. The predicted molar refractivity (Wildman–Crippen MR) is 65.8 cm³/mol. The molecule has 0 aromatic heterocycles. The molecule has 1 unspecified atom stereocenters. The average Bonchev–Trinajstić information content (AvgIpc) is 2.37. The highest BCUT2D eigenvalue weighted by Gasteiger charge is 2.34. The Labute approximate surface area is 114 Å². The maximum atomic E-state index is 13.4. The van der Waals surface area contributed by atoms with Crippen molar-refractivity contribution in [3.63, 3.8) is 0 Å². The molecule has 1 aromatic carbocycles. The summed E-state index contributed by atoms with van der Waals surface area (Å²) >= 11 is 0. The van der Waals surface area contributed by atoms with Gasteiger partial charge in [-0.15, -0.1) is 0 Å². The number of hydrogen-bond acceptors (Lipinski definition) is 2. The number of aliphatic hydroxyl groups is 1. The molecule has 0 saturated heterocycles. The van der Waals surface area contributed by atoms with Crippen molar-refractivity contribution in [3.05, 3.63) is 35.1 Å². The molecule has 0 radical (unpaired) electrons. The molecule has 0 heterocycles. The summed E-state index contributed by atoms with van der Waals surface area (Å²) < 4.78 is 50.6. The molecule has 0 aliphatic heterocycles. The van der Waals surface area contributed by atoms with Gasteiger partial charge in [-0.2, -0.15) is 13.2 Å². The third kappa shape index (κ3) is 3.56. The lowest BCUT2D eigenvalue weighted by Gasteiger charge is -2.19. The Morgan fingerprint density at radius 3 is 2.20 bits per heavy atom. The van der Waals surface area contributed by atoms with Gasteiger partial charge in [-0.1, -0.05) is 32.8 Å². The molecule has 1 atom stereocenters. The zero-order valence-corrected chi connectivity index (χ0v) is 11.2. The second kappa shape index (κ2) is 6.35. The number of rotatable bonds is 5. The Bertz CT molecular complexity index is 479. The minimum absolute atomic E-state index is 0.255. The SMILES string of the molecule is CCC(CC)C(O)C(=O)c1ccc(C(F)(F)F)c(F)c1. The number of Topliss-reactive ketones (excluding diaryl/α,β-unsaturated/α-hetero) is 1. The van der Waals surface area contributed by atoms with Crippen molar-refractivity contribution < 1.29 is 27.5 Å². The average molecular weight is 292 g/mol. The number of carbonyl (C=O) groups is 1. The molecule has 0 bridgehead atoms. The number of halogens is 4. The van der Waals surface area contributed by atoms with Gasteiger partial charge < -0.3 is 5.11 Å². The Balaban J connectivity index is 3.04. The lowest BCUT2D eigenvalue weighted by atomic mass is 9.90. The zero-order valence-electron chi connectivity index (χ0n) is 11.2. The summed E-state index contributed by atoms with van der Waals surface area (Å²) in [6.45, 7) is 3.58. The van der Waals surface area contributed by atoms with Crippen LogP contribution in [0.3, 0.4) is 0 Å². The quantitative estimate of drug-likeness (QED) is 0.661. The van der Waals surface area contributed by atoms with Crippen LogP contribution < -0.4 is 0 Å². The van der Waals surface area contributed by atoms with Crippen LogP contribution in [0.2, 0.25) is 0 Å². The predicted octanol–water partition coefficient (Wildman–Crippen LogP) is 3.82. The van der Waals surface area contributed by atoms with E-state index in [0.717, 1.165) is 6.07 Å². The topological polar surface area (TPSA) is 37.3 Å². The first-order valence-corrected chi connectivity index (χ1v) is 6.31. The Kier molecular flexibility index (Phi) is 5.28. The van der Waals surface area contributed by atoms with E-state index in [2.05, 4.69) is 0 Å². The van der Waals surface area contributed by atoms with Crippen molar-refractivity contribution >= 4 is 5.78 Å². The van der Waals surface area contributed by atoms with Gasteiger partial charge in [0.2, 0.25) is 0 Å². The minimum Gasteiger partial charge on any atom is -0.385 e. The number of ketones is 1. The van der Waals surface area contributed by atoms with Crippen LogP contribution in [0, 0.1) is 11.7 Å². The van der Waals surface area contributed by atoms with E-state index in [4.69, 9.17) is 0 Å². The lowest BCUT2D eigenvalue weighted by molar-refractivity contribution is -0.140. The summed E-state index contributed by atoms with van der Waals surface area (Å²) in [6.07, 6.45) is -5.04. The summed E-state index contributed by atoms with van der Waals surface area (Å²) in [5, 5.41) is 9.86. The first-order valence-electron chi connectivity index (χ1n) is 6.31. The van der Waals surface area contributed by atoms with Crippen molar-refractivity contribution in [2.24, 2.45) is 5.92 Å². The van der Waals surface area contributed by atoms with Crippen LogP contribution >= 0.6 is 0 Å². The van der Waals surface area contributed by atoms with Crippen molar-refractivity contribution in [3.8, 4) is 0 Å². The molecule has 0 amide bonds. The first-order chi connectivity index (χ1) is 9.22. The molecule has 1 N–H and O–H groups in total. The van der Waals surface area contributed by atoms with E-state index in [1.165, 1.54) is 0 Å². The summed E-state index contributed by atoms with van der Waals surface area (Å²) in [6, 6.07) is 1.93. The maximum Gasteiger partial charge on any atom is 0.419 e. The van der Waals surface area contributed by atoms with Gasteiger partial charge in [0.05, 0.1) is 5.56 Å². The highest BCUT2D eigenvalue weighted by atomic mass is 19.4. The number of benzene rings is 1. The molecule has 0 saturated carbocycles. The smallest absolute Gasteiger partial charge is 0.385 e. The van der Waals surface area contributed by atoms with Crippen molar-refractivity contribution in [1.29, 1.82) is 0 Å². The van der Waals surface area contributed by atoms with E-state index in [-0.39, 0.29) is 11.5 Å². The zero-order chi connectivity index (χ0) is 15.5. The van der Waals surface area contributed by atoms with Crippen molar-refractivity contribution in [2.75, 3.05) is 0 Å². The third-order valence-electron chi connectivity index (χ3n) is 3.32. The fraction of sp³-hybridized carbons (Fsp3) is 0.500. The van der Waals surface area contributed by atoms with Crippen LogP contribution in [0.1, 0.15) is 42.6 Å². The Hall–Kier alpha value is -1.43. The molecular weight excluding hydrogens is 276 g/mol. The molecule has 1 aromatic rings. The van der Waals surface area contributed by atoms with E-state index >= 15 is 0 Å². The molecule has 20 heavy (non-hydrogen) atoms. The first kappa shape index (κ1) is 16.6. The summed E-state index contributed by atoms with van der Waals surface area (Å²) in [5.41, 5.74) is -1.68. The second-order valence-electron chi connectivity index (χ2n) is 4.58. The van der Waals surface area contributed by atoms with Gasteiger partial charge >= 0.3 is 6.18 Å². The van der Waals surface area contributed by atoms with Crippen molar-refractivity contribution in [2.45, 2.75) is 39.0 Å². The van der Waals surface area contributed by atoms with Gasteiger partial charge in [0, 0.05) is 5.56 Å². The van der Waals surface area contributed by atoms with Gasteiger partial charge in [0.15, 0.2) is 5.78 Å². The number of hydrogen-bond donors (Lipinski definition) is 1. The number of alkyl halides is 3. The van der Waals surface area contributed by atoms with E-state index in [9.17, 15) is 27.5 Å². The summed E-state index contributed by atoms with van der Waals surface area (Å²) in [7, 11) is 0. The van der Waals surface area contributed by atoms with E-state index < -0.39 is 29.4 Å². The molecule has 6 heteroatoms. The van der Waals surface area contributed by atoms with Gasteiger partial charge in [-0.05, 0) is 18.1 Å². The van der Waals surface area contributed by atoms with Crippen LogP contribution in [0.4, 0.5) is 17.6 Å². The molecule has 2 nitrogen and oxygen atoms in total. The van der Waals surface area contributed by atoms with Gasteiger partial charge in [0.1, 0.15) is 11.9 Å². The van der Waals surface area contributed by atoms with E-state index in [0.29, 0.717) is 25.0 Å². The van der Waals surface area contributed by atoms with Crippen molar-refractivity contribution in [1.82, 2.24) is 0 Å². The minimum atomic E-state index is -4.81. The summed E-state index contributed by atoms with van der Waals surface area (Å²) in [5.74, 6) is -2.57. The fourth-order valence-corrected chi connectivity index (χ4v) is 2.02. The monoisotopic (exact) mass is 292 g/mol. The van der Waals surface area contributed by atoms with Crippen LogP contribution in [0.5, 0.6) is 0 Å². The van der Waals surface area contributed by atoms with Crippen LogP contribution in [-0.4, -0.2) is 17.0 Å². The van der Waals surface area contributed by atoms with Gasteiger partial charge in [0.25, 0.3) is 0 Å². The molecular formula is C14H16F4O2. The third-order valence-corrected chi connectivity index (χ3v) is 3.32. The largest absolute Gasteiger partial charge is 0.419 e. The molecule has 0 fully saturated rings. The van der Waals surface area contributed by atoms with Gasteiger partial charge in [-0.3, -0.25) is 4.79 Å². The number of aliphatic hydroxyl groups excluding tert-OH is 1. The molecule has 112 valence electrons. The maximum absolute atomic E-state index is 13.4. The normalized spacial score (nSPS) is 13.6. The van der Waals surface area contributed by atoms with Crippen LogP contribution in [-0.2, 0) is 6.18 Å². The second-order valence-corrected chi connectivity index (χ2v) is 4.58. The molecule has 1 rings (SSSR count). The highest BCUT2D eigenvalue weighted by Crippen LogP contribution is 2.32. The lowest BCUT2D eigenvalue weighted by Crippen LogP contribution is -2.29. The van der Waals surface area contributed by atoms with E-state index in [1.54, 1.807) is 13.8 Å². The fourth-order valence-electron chi connectivity index (χ4n) is 2.02. The Morgan fingerprint density at radius 1 is 1.25 bits per heavy atom. The van der Waals surface area contributed by atoms with Crippen LogP contribution in [0.15, 0.2) is 18.2 Å². The molecule has 0 aliphatic rings. The highest BCUT2D eigenvalue weighted by molar-refractivity contribution is 5.99.